The number of hydrogen-bond acceptors (Lipinski definition) is 4. The number of amides is 1. The maximum absolute atomic E-state index is 13.0. The molecule has 0 aromatic heterocycles. The van der Waals surface area contributed by atoms with Gasteiger partial charge in [-0.2, -0.15) is 5.10 Å². The standard InChI is InChI=1S/C24H20Br2N2O3/c1-2-13-31-22-20(25)14-17(15-21(22)26)16-27-28-23(29)24(30,18-9-5-3-6-10-18)19-11-7-4-8-12-19/h2-12,14-16,30H,1,13H2,(H,28,29)/b27-16+. The Labute approximate surface area is 197 Å². The molecule has 0 saturated heterocycles. The molecule has 0 aliphatic rings. The number of benzene rings is 3. The van der Waals surface area contributed by atoms with Gasteiger partial charge in [0.25, 0.3) is 5.91 Å². The molecule has 31 heavy (non-hydrogen) atoms. The average molecular weight is 544 g/mol. The number of hydrazone groups is 1. The van der Waals surface area contributed by atoms with E-state index in [2.05, 4.69) is 49.0 Å². The zero-order chi connectivity index (χ0) is 22.3. The molecule has 0 atom stereocenters. The smallest absolute Gasteiger partial charge is 0.281 e. The SMILES string of the molecule is C=CCOc1c(Br)cc(/C=N/NC(=O)C(O)(c2ccccc2)c2ccccc2)cc1Br. The second-order valence-electron chi connectivity index (χ2n) is 6.55. The van der Waals surface area contributed by atoms with Crippen molar-refractivity contribution >= 4 is 44.0 Å². The van der Waals surface area contributed by atoms with Crippen molar-refractivity contribution < 1.29 is 14.6 Å². The van der Waals surface area contributed by atoms with Gasteiger partial charge in [0.1, 0.15) is 12.4 Å². The van der Waals surface area contributed by atoms with Gasteiger partial charge in [-0.3, -0.25) is 4.79 Å². The number of rotatable bonds is 8. The first-order valence-electron chi connectivity index (χ1n) is 9.36. The summed E-state index contributed by atoms with van der Waals surface area (Å²) in [7, 11) is 0. The fourth-order valence-corrected chi connectivity index (χ4v) is 4.42. The summed E-state index contributed by atoms with van der Waals surface area (Å²) in [6.45, 7) is 4.01. The van der Waals surface area contributed by atoms with Crippen LogP contribution in [0.5, 0.6) is 5.75 Å². The highest BCUT2D eigenvalue weighted by atomic mass is 79.9. The average Bonchev–Trinajstić information content (AvgIpc) is 2.79. The first-order chi connectivity index (χ1) is 15.0. The van der Waals surface area contributed by atoms with Crippen LogP contribution < -0.4 is 10.2 Å². The molecule has 2 N–H and O–H groups in total. The zero-order valence-electron chi connectivity index (χ0n) is 16.5. The van der Waals surface area contributed by atoms with Crippen molar-refractivity contribution in [2.45, 2.75) is 5.60 Å². The number of halogens is 2. The van der Waals surface area contributed by atoms with Crippen molar-refractivity contribution in [1.82, 2.24) is 5.43 Å². The third-order valence-corrected chi connectivity index (χ3v) is 5.64. The Morgan fingerprint density at radius 3 is 2.03 bits per heavy atom. The largest absolute Gasteiger partial charge is 0.487 e. The molecule has 7 heteroatoms. The molecule has 0 radical (unpaired) electrons. The van der Waals surface area contributed by atoms with E-state index in [0.717, 1.165) is 8.95 Å². The Morgan fingerprint density at radius 2 is 1.55 bits per heavy atom. The maximum atomic E-state index is 13.0. The number of nitrogens with one attached hydrogen (secondary N) is 1. The van der Waals surface area contributed by atoms with Gasteiger partial charge in [0.05, 0.1) is 15.2 Å². The Morgan fingerprint density at radius 1 is 1.03 bits per heavy atom. The Hall–Kier alpha value is -2.74. The quantitative estimate of drug-likeness (QED) is 0.234. The van der Waals surface area contributed by atoms with Gasteiger partial charge in [0.15, 0.2) is 5.60 Å². The van der Waals surface area contributed by atoms with Crippen molar-refractivity contribution in [3.63, 3.8) is 0 Å². The highest BCUT2D eigenvalue weighted by Crippen LogP contribution is 2.34. The minimum atomic E-state index is -1.89. The summed E-state index contributed by atoms with van der Waals surface area (Å²) in [4.78, 5) is 13.0. The molecular formula is C24H20Br2N2O3. The van der Waals surface area contributed by atoms with Crippen LogP contribution in [0, 0.1) is 0 Å². The molecule has 0 bridgehead atoms. The van der Waals surface area contributed by atoms with Crippen LogP contribution in [0.4, 0.5) is 0 Å². The molecule has 3 rings (SSSR count). The van der Waals surface area contributed by atoms with Crippen LogP contribution in [-0.4, -0.2) is 23.8 Å². The van der Waals surface area contributed by atoms with E-state index in [1.54, 1.807) is 66.7 Å². The van der Waals surface area contributed by atoms with E-state index in [9.17, 15) is 9.90 Å². The van der Waals surface area contributed by atoms with Gasteiger partial charge < -0.3 is 9.84 Å². The minimum absolute atomic E-state index is 0.373. The number of nitrogens with zero attached hydrogens (tertiary/aromatic N) is 1. The number of ether oxygens (including phenoxy) is 1. The van der Waals surface area contributed by atoms with Crippen LogP contribution in [0.15, 0.2) is 99.5 Å². The van der Waals surface area contributed by atoms with Crippen molar-refractivity contribution in [2.24, 2.45) is 5.10 Å². The molecule has 158 valence electrons. The van der Waals surface area contributed by atoms with E-state index in [1.165, 1.54) is 6.21 Å². The lowest BCUT2D eigenvalue weighted by atomic mass is 9.85. The minimum Gasteiger partial charge on any atom is -0.487 e. The fourth-order valence-electron chi connectivity index (χ4n) is 2.97. The van der Waals surface area contributed by atoms with Crippen LogP contribution in [-0.2, 0) is 10.4 Å². The molecule has 0 fully saturated rings. The third kappa shape index (κ3) is 5.31. The normalized spacial score (nSPS) is 11.3. The fraction of sp³-hybridized carbons (Fsp3) is 0.0833. The van der Waals surface area contributed by atoms with E-state index >= 15 is 0 Å². The van der Waals surface area contributed by atoms with E-state index in [0.29, 0.717) is 29.0 Å². The topological polar surface area (TPSA) is 70.9 Å². The van der Waals surface area contributed by atoms with Gasteiger partial charge in [0, 0.05) is 0 Å². The van der Waals surface area contributed by atoms with E-state index in [1.807, 2.05) is 12.1 Å². The molecule has 3 aromatic rings. The monoisotopic (exact) mass is 542 g/mol. The predicted molar refractivity (Wildman–Crippen MR) is 129 cm³/mol. The molecule has 0 saturated carbocycles. The second kappa shape index (κ2) is 10.5. The van der Waals surface area contributed by atoms with Crippen molar-refractivity contribution in [1.29, 1.82) is 0 Å². The summed E-state index contributed by atoms with van der Waals surface area (Å²) in [6, 6.07) is 21.1. The van der Waals surface area contributed by atoms with Gasteiger partial charge in [-0.1, -0.05) is 73.3 Å². The summed E-state index contributed by atoms with van der Waals surface area (Å²) >= 11 is 6.93. The number of carbonyl (C=O) groups excluding carboxylic acids is 1. The summed E-state index contributed by atoms with van der Waals surface area (Å²) in [6.07, 6.45) is 3.14. The molecule has 1 amide bonds. The predicted octanol–water partition coefficient (Wildman–Crippen LogP) is 5.16. The van der Waals surface area contributed by atoms with Crippen LogP contribution in [0.25, 0.3) is 0 Å². The van der Waals surface area contributed by atoms with Crippen molar-refractivity contribution in [3.8, 4) is 5.75 Å². The molecule has 3 aromatic carbocycles. The van der Waals surface area contributed by atoms with Crippen LogP contribution in [0.3, 0.4) is 0 Å². The maximum Gasteiger partial charge on any atom is 0.281 e. The Bertz CT molecular complexity index is 1020. The molecule has 0 spiro atoms. The highest BCUT2D eigenvalue weighted by Gasteiger charge is 2.39. The summed E-state index contributed by atoms with van der Waals surface area (Å²) < 4.78 is 7.05. The highest BCUT2D eigenvalue weighted by molar-refractivity contribution is 9.11. The summed E-state index contributed by atoms with van der Waals surface area (Å²) in [5, 5.41) is 15.5. The summed E-state index contributed by atoms with van der Waals surface area (Å²) in [5.41, 5.74) is 2.19. The molecule has 0 aliphatic heterocycles. The van der Waals surface area contributed by atoms with Gasteiger partial charge in [-0.05, 0) is 60.7 Å². The lowest BCUT2D eigenvalue weighted by Crippen LogP contribution is -2.43. The summed E-state index contributed by atoms with van der Waals surface area (Å²) in [5.74, 6) is -0.0196. The first-order valence-corrected chi connectivity index (χ1v) is 10.9. The van der Waals surface area contributed by atoms with Crippen molar-refractivity contribution in [2.75, 3.05) is 6.61 Å². The van der Waals surface area contributed by atoms with Crippen molar-refractivity contribution in [3.05, 3.63) is 111 Å². The lowest BCUT2D eigenvalue weighted by Gasteiger charge is -2.27. The number of carbonyl (C=O) groups is 1. The van der Waals surface area contributed by atoms with Gasteiger partial charge in [-0.15, -0.1) is 0 Å². The molecular weight excluding hydrogens is 524 g/mol. The lowest BCUT2D eigenvalue weighted by molar-refractivity contribution is -0.136. The second-order valence-corrected chi connectivity index (χ2v) is 8.26. The Kier molecular flexibility index (Phi) is 7.79. The Balaban J connectivity index is 1.84. The zero-order valence-corrected chi connectivity index (χ0v) is 19.6. The van der Waals surface area contributed by atoms with Crippen LogP contribution >= 0.6 is 31.9 Å². The molecule has 0 aliphatic carbocycles. The van der Waals surface area contributed by atoms with Gasteiger partial charge in [0.2, 0.25) is 0 Å². The van der Waals surface area contributed by atoms with Crippen LogP contribution in [0.2, 0.25) is 0 Å². The number of hydrogen-bond donors (Lipinski definition) is 2. The van der Waals surface area contributed by atoms with Gasteiger partial charge in [-0.25, -0.2) is 5.43 Å². The third-order valence-electron chi connectivity index (χ3n) is 4.46. The van der Waals surface area contributed by atoms with E-state index < -0.39 is 11.5 Å². The first kappa shape index (κ1) is 22.9. The van der Waals surface area contributed by atoms with Gasteiger partial charge >= 0.3 is 0 Å². The molecule has 0 unspecified atom stereocenters. The molecule has 5 nitrogen and oxygen atoms in total. The molecule has 0 heterocycles. The van der Waals surface area contributed by atoms with E-state index in [4.69, 9.17) is 4.74 Å². The van der Waals surface area contributed by atoms with E-state index in [-0.39, 0.29) is 0 Å². The van der Waals surface area contributed by atoms with Crippen LogP contribution in [0.1, 0.15) is 16.7 Å². The number of aliphatic hydroxyl groups is 1.